The summed E-state index contributed by atoms with van der Waals surface area (Å²) in [5, 5.41) is 0. The van der Waals surface area contributed by atoms with Gasteiger partial charge in [0.15, 0.2) is 16.4 Å². The summed E-state index contributed by atoms with van der Waals surface area (Å²) in [4.78, 5) is 14.1. The van der Waals surface area contributed by atoms with Crippen LogP contribution in [0.25, 0.3) is 0 Å². The summed E-state index contributed by atoms with van der Waals surface area (Å²) in [7, 11) is -6.91. The Labute approximate surface area is 178 Å². The van der Waals surface area contributed by atoms with Gasteiger partial charge in [-0.3, -0.25) is 4.79 Å². The van der Waals surface area contributed by atoms with Crippen LogP contribution in [0.15, 0.2) is 45.5 Å². The summed E-state index contributed by atoms with van der Waals surface area (Å²) in [6.07, 6.45) is 1.11. The monoisotopic (exact) mass is 478 g/mol. The number of halogens is 1. The first-order valence-corrected chi connectivity index (χ1v) is 13.1. The third kappa shape index (κ3) is 5.28. The highest BCUT2D eigenvalue weighted by atomic mass is 35.5. The Hall–Kier alpha value is -1.66. The third-order valence-electron chi connectivity index (χ3n) is 4.35. The van der Waals surface area contributed by atoms with E-state index in [0.717, 1.165) is 17.6 Å². The van der Waals surface area contributed by atoms with E-state index in [2.05, 4.69) is 0 Å². The molecule has 0 unspecified atom stereocenters. The van der Waals surface area contributed by atoms with E-state index in [1.807, 2.05) is 0 Å². The van der Waals surface area contributed by atoms with Gasteiger partial charge < -0.3 is 9.64 Å². The van der Waals surface area contributed by atoms with Crippen LogP contribution in [0, 0.1) is 0 Å². The van der Waals surface area contributed by atoms with Crippen molar-refractivity contribution in [2.24, 2.45) is 0 Å². The molecule has 2 aromatic rings. The zero-order valence-corrected chi connectivity index (χ0v) is 18.7. The molecule has 0 saturated carbocycles. The second kappa shape index (κ2) is 8.60. The number of nitrogens with zero attached hydrogens (tertiary/aromatic N) is 2. The van der Waals surface area contributed by atoms with Crippen molar-refractivity contribution in [1.82, 2.24) is 9.21 Å². The fourth-order valence-electron chi connectivity index (χ4n) is 2.76. The normalized spacial score (nSPS) is 16.0. The molecule has 29 heavy (non-hydrogen) atoms. The number of ether oxygens (including phenoxy) is 1. The molecular weight excluding hydrogens is 460 g/mol. The van der Waals surface area contributed by atoms with E-state index in [0.29, 0.717) is 10.1 Å². The van der Waals surface area contributed by atoms with Gasteiger partial charge in [0.05, 0.1) is 9.23 Å². The Balaban J connectivity index is 1.52. The maximum absolute atomic E-state index is 12.6. The fourth-order valence-corrected chi connectivity index (χ4v) is 6.45. The average molecular weight is 479 g/mol. The van der Waals surface area contributed by atoms with Gasteiger partial charge in [0.25, 0.3) is 15.9 Å². The molecule has 12 heteroatoms. The first-order valence-electron chi connectivity index (χ1n) is 8.53. The van der Waals surface area contributed by atoms with Crippen molar-refractivity contribution < 1.29 is 26.4 Å². The molecule has 1 saturated heterocycles. The van der Waals surface area contributed by atoms with Gasteiger partial charge in [-0.1, -0.05) is 11.6 Å². The summed E-state index contributed by atoms with van der Waals surface area (Å²) >= 11 is 6.83. The molecule has 8 nitrogen and oxygen atoms in total. The summed E-state index contributed by atoms with van der Waals surface area (Å²) < 4.78 is 55.4. The van der Waals surface area contributed by atoms with Gasteiger partial charge in [0, 0.05) is 32.4 Å². The molecule has 1 aromatic heterocycles. The maximum Gasteiger partial charge on any atom is 0.260 e. The molecule has 1 fully saturated rings. The van der Waals surface area contributed by atoms with E-state index in [-0.39, 0.29) is 47.8 Å². The van der Waals surface area contributed by atoms with Crippen molar-refractivity contribution in [1.29, 1.82) is 0 Å². The number of carbonyl (C=O) groups is 1. The van der Waals surface area contributed by atoms with Crippen LogP contribution in [-0.2, 0) is 24.7 Å². The standard InChI is InChI=1S/C17H19ClN2O6S3/c1-28(22,23)14-4-2-13(3-5-14)26-12-16(21)19-8-10-20(11-9-19)29(24,25)17-7-6-15(18)27-17/h2-7H,8-12H2,1H3. The number of sulfone groups is 1. The number of hydrogen-bond donors (Lipinski definition) is 0. The molecule has 158 valence electrons. The van der Waals surface area contributed by atoms with Gasteiger partial charge in [0.2, 0.25) is 0 Å². The number of rotatable bonds is 6. The summed E-state index contributed by atoms with van der Waals surface area (Å²) in [5.41, 5.74) is 0. The van der Waals surface area contributed by atoms with E-state index in [4.69, 9.17) is 16.3 Å². The lowest BCUT2D eigenvalue weighted by Gasteiger charge is -2.33. The van der Waals surface area contributed by atoms with Crippen molar-refractivity contribution in [3.8, 4) is 5.75 Å². The number of benzene rings is 1. The summed E-state index contributed by atoms with van der Waals surface area (Å²) in [5.74, 6) is 0.106. The number of hydrogen-bond acceptors (Lipinski definition) is 7. The number of sulfonamides is 1. The Bertz CT molecular complexity index is 1090. The van der Waals surface area contributed by atoms with Gasteiger partial charge >= 0.3 is 0 Å². The molecule has 3 rings (SSSR count). The van der Waals surface area contributed by atoms with E-state index in [1.54, 1.807) is 6.07 Å². The Morgan fingerprint density at radius 2 is 1.66 bits per heavy atom. The molecule has 0 bridgehead atoms. The van der Waals surface area contributed by atoms with Crippen LogP contribution in [-0.4, -0.2) is 71.0 Å². The maximum atomic E-state index is 12.6. The van der Waals surface area contributed by atoms with Gasteiger partial charge in [-0.25, -0.2) is 16.8 Å². The molecule has 1 aliphatic heterocycles. The van der Waals surface area contributed by atoms with E-state index >= 15 is 0 Å². The molecule has 2 heterocycles. The first kappa shape index (κ1) is 22.0. The van der Waals surface area contributed by atoms with Gasteiger partial charge in [0.1, 0.15) is 9.96 Å². The summed E-state index contributed by atoms with van der Waals surface area (Å²) in [6, 6.07) is 8.81. The number of amides is 1. The number of carbonyl (C=O) groups excluding carboxylic acids is 1. The van der Waals surface area contributed by atoms with Crippen LogP contribution in [0.5, 0.6) is 5.75 Å². The zero-order valence-electron chi connectivity index (χ0n) is 15.4. The van der Waals surface area contributed by atoms with Crippen LogP contribution in [0.3, 0.4) is 0 Å². The van der Waals surface area contributed by atoms with Gasteiger partial charge in [-0.15, -0.1) is 11.3 Å². The predicted molar refractivity (Wildman–Crippen MR) is 110 cm³/mol. The van der Waals surface area contributed by atoms with Crippen LogP contribution in [0.1, 0.15) is 0 Å². The van der Waals surface area contributed by atoms with Crippen molar-refractivity contribution in [3.63, 3.8) is 0 Å². The van der Waals surface area contributed by atoms with Crippen LogP contribution in [0.4, 0.5) is 0 Å². The third-order valence-corrected chi connectivity index (χ3v) is 9.07. The molecule has 0 N–H and O–H groups in total. The first-order chi connectivity index (χ1) is 13.6. The minimum Gasteiger partial charge on any atom is -0.484 e. The fraction of sp³-hybridized carbons (Fsp3) is 0.353. The largest absolute Gasteiger partial charge is 0.484 e. The van der Waals surface area contributed by atoms with Crippen LogP contribution >= 0.6 is 22.9 Å². The highest BCUT2D eigenvalue weighted by Gasteiger charge is 2.31. The minimum absolute atomic E-state index is 0.167. The van der Waals surface area contributed by atoms with Crippen molar-refractivity contribution in [2.45, 2.75) is 9.10 Å². The SMILES string of the molecule is CS(=O)(=O)c1ccc(OCC(=O)N2CCN(S(=O)(=O)c3ccc(Cl)s3)CC2)cc1. The molecular formula is C17H19ClN2O6S3. The molecule has 0 aliphatic carbocycles. The number of thiophene rings is 1. The second-order valence-electron chi connectivity index (χ2n) is 6.38. The lowest BCUT2D eigenvalue weighted by atomic mass is 10.3. The Morgan fingerprint density at radius 3 is 2.17 bits per heavy atom. The molecule has 0 radical (unpaired) electrons. The molecule has 1 aromatic carbocycles. The highest BCUT2D eigenvalue weighted by molar-refractivity contribution is 7.91. The summed E-state index contributed by atoms with van der Waals surface area (Å²) in [6.45, 7) is 0.673. The second-order valence-corrected chi connectivity index (χ2v) is 12.3. The molecule has 1 amide bonds. The van der Waals surface area contributed by atoms with Crippen LogP contribution in [0.2, 0.25) is 4.34 Å². The lowest BCUT2D eigenvalue weighted by Crippen LogP contribution is -2.51. The van der Waals surface area contributed by atoms with Crippen molar-refractivity contribution >= 4 is 48.7 Å². The van der Waals surface area contributed by atoms with E-state index < -0.39 is 19.9 Å². The van der Waals surface area contributed by atoms with Crippen molar-refractivity contribution in [2.75, 3.05) is 39.0 Å². The number of piperazine rings is 1. The highest BCUT2D eigenvalue weighted by Crippen LogP contribution is 2.28. The average Bonchev–Trinajstić information content (AvgIpc) is 3.13. The topological polar surface area (TPSA) is 101 Å². The van der Waals surface area contributed by atoms with Gasteiger partial charge in [-0.05, 0) is 36.4 Å². The zero-order chi connectivity index (χ0) is 21.2. The van der Waals surface area contributed by atoms with Crippen LogP contribution < -0.4 is 4.74 Å². The Kier molecular flexibility index (Phi) is 6.54. The van der Waals surface area contributed by atoms with E-state index in [9.17, 15) is 21.6 Å². The Morgan fingerprint density at radius 1 is 1.03 bits per heavy atom. The van der Waals surface area contributed by atoms with E-state index in [1.165, 1.54) is 39.5 Å². The smallest absolute Gasteiger partial charge is 0.260 e. The molecule has 0 spiro atoms. The molecule has 1 aliphatic rings. The lowest BCUT2D eigenvalue weighted by molar-refractivity contribution is -0.134. The minimum atomic E-state index is -3.61. The predicted octanol–water partition coefficient (Wildman–Crippen LogP) is 1.72. The van der Waals surface area contributed by atoms with Gasteiger partial charge in [-0.2, -0.15) is 4.31 Å². The quantitative estimate of drug-likeness (QED) is 0.626. The molecule has 0 atom stereocenters. The van der Waals surface area contributed by atoms with Crippen molar-refractivity contribution in [3.05, 3.63) is 40.7 Å².